The maximum atomic E-state index is 11.5. The van der Waals surface area contributed by atoms with Crippen molar-refractivity contribution in [1.82, 2.24) is 10.6 Å². The Kier molecular flexibility index (Phi) is 13.2. The minimum atomic E-state index is 0. The lowest BCUT2D eigenvalue weighted by atomic mass is 10.2. The molecule has 136 valence electrons. The number of amides is 1. The second-order valence-electron chi connectivity index (χ2n) is 5.11. The van der Waals surface area contributed by atoms with E-state index in [0.717, 1.165) is 30.2 Å². The number of nitrogens with one attached hydrogen (secondary N) is 3. The molecule has 0 radical (unpaired) electrons. The van der Waals surface area contributed by atoms with Gasteiger partial charge >= 0.3 is 0 Å². The number of hydrogen-bond donors (Lipinski definition) is 3. The molecule has 0 atom stereocenters. The maximum Gasteiger partial charge on any atom is 0.224 e. The van der Waals surface area contributed by atoms with Crippen molar-refractivity contribution in [3.63, 3.8) is 0 Å². The van der Waals surface area contributed by atoms with Crippen LogP contribution < -0.4 is 16.0 Å². The molecule has 1 aromatic carbocycles. The van der Waals surface area contributed by atoms with Crippen LogP contribution in [0, 0.1) is 0 Å². The number of guanidine groups is 1. The van der Waals surface area contributed by atoms with Gasteiger partial charge in [-0.05, 0) is 31.0 Å². The minimum Gasteiger partial charge on any atom is -0.383 e. The Bertz CT molecular complexity index is 492. The summed E-state index contributed by atoms with van der Waals surface area (Å²) in [5, 5.41) is 9.27. The molecule has 0 aliphatic rings. The lowest BCUT2D eigenvalue weighted by Crippen LogP contribution is -2.38. The molecular formula is C17H29IN4O2. The van der Waals surface area contributed by atoms with E-state index in [2.05, 4.69) is 20.9 Å². The Morgan fingerprint density at radius 1 is 1.17 bits per heavy atom. The molecule has 0 fully saturated rings. The molecule has 0 aliphatic heterocycles. The Balaban J connectivity index is 0.00000529. The molecule has 0 saturated carbocycles. The van der Waals surface area contributed by atoms with Crippen LogP contribution in [0.3, 0.4) is 0 Å². The molecule has 0 heterocycles. The van der Waals surface area contributed by atoms with Gasteiger partial charge in [0.05, 0.1) is 13.2 Å². The van der Waals surface area contributed by atoms with E-state index in [0.29, 0.717) is 26.1 Å². The van der Waals surface area contributed by atoms with Crippen LogP contribution in [-0.2, 0) is 16.1 Å². The normalized spacial score (nSPS) is 10.7. The second kappa shape index (κ2) is 14.0. The summed E-state index contributed by atoms with van der Waals surface area (Å²) in [6, 6.07) is 7.76. The summed E-state index contributed by atoms with van der Waals surface area (Å²) < 4.78 is 5.02. The number of hydrogen-bond acceptors (Lipinski definition) is 3. The molecule has 0 aliphatic carbocycles. The first-order valence-corrected chi connectivity index (χ1v) is 8.09. The van der Waals surface area contributed by atoms with Crippen LogP contribution in [0.15, 0.2) is 29.3 Å². The summed E-state index contributed by atoms with van der Waals surface area (Å²) in [7, 11) is 1.67. The fourth-order valence-corrected chi connectivity index (χ4v) is 1.93. The van der Waals surface area contributed by atoms with Gasteiger partial charge < -0.3 is 20.7 Å². The summed E-state index contributed by atoms with van der Waals surface area (Å²) in [6.07, 6.45) is 1.40. The van der Waals surface area contributed by atoms with Gasteiger partial charge in [0, 0.05) is 32.3 Å². The number of aliphatic imine (C=N–C) groups is 1. The molecule has 0 unspecified atom stereocenters. The van der Waals surface area contributed by atoms with Gasteiger partial charge in [0.25, 0.3) is 0 Å². The highest BCUT2D eigenvalue weighted by molar-refractivity contribution is 14.0. The molecule has 0 aromatic heterocycles. The highest BCUT2D eigenvalue weighted by Gasteiger charge is 2.01. The van der Waals surface area contributed by atoms with Crippen LogP contribution in [0.1, 0.15) is 32.3 Å². The maximum absolute atomic E-state index is 11.5. The van der Waals surface area contributed by atoms with Gasteiger partial charge in [-0.3, -0.25) is 4.79 Å². The van der Waals surface area contributed by atoms with Crippen molar-refractivity contribution in [3.8, 4) is 0 Å². The first kappa shape index (κ1) is 22.6. The lowest BCUT2D eigenvalue weighted by Gasteiger charge is -2.11. The van der Waals surface area contributed by atoms with Crippen LogP contribution in [0.5, 0.6) is 0 Å². The summed E-state index contributed by atoms with van der Waals surface area (Å²) in [5.74, 6) is 0.819. The molecule has 0 saturated heterocycles. The first-order chi connectivity index (χ1) is 11.2. The number of halogens is 1. The Hall–Kier alpha value is -1.35. The van der Waals surface area contributed by atoms with Crippen molar-refractivity contribution >= 4 is 41.5 Å². The molecule has 0 bridgehead atoms. The van der Waals surface area contributed by atoms with Crippen molar-refractivity contribution < 1.29 is 9.53 Å². The highest BCUT2D eigenvalue weighted by atomic mass is 127. The third-order valence-electron chi connectivity index (χ3n) is 3.08. The number of benzene rings is 1. The summed E-state index contributed by atoms with van der Waals surface area (Å²) in [4.78, 5) is 16.1. The molecule has 7 heteroatoms. The molecule has 0 spiro atoms. The molecule has 1 rings (SSSR count). The fourth-order valence-electron chi connectivity index (χ4n) is 1.93. The van der Waals surface area contributed by atoms with Crippen molar-refractivity contribution in [3.05, 3.63) is 29.8 Å². The van der Waals surface area contributed by atoms with Crippen molar-refractivity contribution in [2.24, 2.45) is 4.99 Å². The predicted octanol–water partition coefficient (Wildman–Crippen LogP) is 2.74. The Morgan fingerprint density at radius 3 is 2.46 bits per heavy atom. The number of methoxy groups -OCH3 is 1. The van der Waals surface area contributed by atoms with Crippen LogP contribution in [0.2, 0.25) is 0 Å². The number of anilines is 1. The lowest BCUT2D eigenvalue weighted by molar-refractivity contribution is -0.116. The topological polar surface area (TPSA) is 74.8 Å². The third-order valence-corrected chi connectivity index (χ3v) is 3.08. The van der Waals surface area contributed by atoms with Gasteiger partial charge in [0.1, 0.15) is 0 Å². The van der Waals surface area contributed by atoms with E-state index in [1.165, 1.54) is 0 Å². The molecular weight excluding hydrogens is 419 g/mol. The average Bonchev–Trinajstić information content (AvgIpc) is 2.54. The van der Waals surface area contributed by atoms with E-state index >= 15 is 0 Å². The second-order valence-corrected chi connectivity index (χ2v) is 5.11. The molecule has 6 nitrogen and oxygen atoms in total. The fraction of sp³-hybridized carbons (Fsp3) is 0.529. The smallest absolute Gasteiger partial charge is 0.224 e. The molecule has 1 amide bonds. The van der Waals surface area contributed by atoms with Gasteiger partial charge in [0.2, 0.25) is 5.91 Å². The zero-order valence-electron chi connectivity index (χ0n) is 14.7. The third kappa shape index (κ3) is 9.71. The summed E-state index contributed by atoms with van der Waals surface area (Å²) in [5.41, 5.74) is 1.91. The van der Waals surface area contributed by atoms with Crippen molar-refractivity contribution in [1.29, 1.82) is 0 Å². The predicted molar refractivity (Wildman–Crippen MR) is 110 cm³/mol. The summed E-state index contributed by atoms with van der Waals surface area (Å²) in [6.45, 7) is 6.75. The Labute approximate surface area is 161 Å². The molecule has 1 aromatic rings. The highest BCUT2D eigenvalue weighted by Crippen LogP contribution is 2.11. The van der Waals surface area contributed by atoms with Gasteiger partial charge in [-0.1, -0.05) is 19.1 Å². The van der Waals surface area contributed by atoms with Crippen LogP contribution in [0.4, 0.5) is 5.69 Å². The number of carbonyl (C=O) groups is 1. The molecule has 3 N–H and O–H groups in total. The van der Waals surface area contributed by atoms with Crippen LogP contribution in [-0.4, -0.2) is 38.7 Å². The van der Waals surface area contributed by atoms with E-state index < -0.39 is 0 Å². The summed E-state index contributed by atoms with van der Waals surface area (Å²) >= 11 is 0. The van der Waals surface area contributed by atoms with Crippen LogP contribution >= 0.6 is 24.0 Å². The van der Waals surface area contributed by atoms with Gasteiger partial charge in [-0.25, -0.2) is 4.99 Å². The van der Waals surface area contributed by atoms with Gasteiger partial charge in [-0.15, -0.1) is 24.0 Å². The van der Waals surface area contributed by atoms with E-state index in [9.17, 15) is 4.79 Å². The van der Waals surface area contributed by atoms with E-state index in [1.54, 1.807) is 7.11 Å². The average molecular weight is 448 g/mol. The zero-order chi connectivity index (χ0) is 16.9. The monoisotopic (exact) mass is 448 g/mol. The van der Waals surface area contributed by atoms with E-state index in [-0.39, 0.29) is 29.9 Å². The first-order valence-electron chi connectivity index (χ1n) is 8.09. The molecule has 24 heavy (non-hydrogen) atoms. The van der Waals surface area contributed by atoms with E-state index in [1.807, 2.05) is 38.1 Å². The van der Waals surface area contributed by atoms with Crippen LogP contribution in [0.25, 0.3) is 0 Å². The number of ether oxygens (including phenoxy) is 1. The quantitative estimate of drug-likeness (QED) is 0.235. The van der Waals surface area contributed by atoms with Gasteiger partial charge in [-0.2, -0.15) is 0 Å². The Morgan fingerprint density at radius 2 is 1.88 bits per heavy atom. The van der Waals surface area contributed by atoms with E-state index in [4.69, 9.17) is 4.74 Å². The van der Waals surface area contributed by atoms with Crippen molar-refractivity contribution in [2.45, 2.75) is 33.2 Å². The van der Waals surface area contributed by atoms with Crippen molar-refractivity contribution in [2.75, 3.05) is 32.1 Å². The number of rotatable bonds is 9. The SMILES string of the molecule is CCCC(=O)Nc1ccc(CN=C(NCC)NCCOC)cc1.I. The largest absolute Gasteiger partial charge is 0.383 e. The zero-order valence-corrected chi connectivity index (χ0v) is 17.1. The standard InChI is InChI=1S/C17H28N4O2.HI/c1-4-6-16(22)21-15-9-7-14(8-10-15)13-20-17(18-5-2)19-11-12-23-3;/h7-10H,4-6,11-13H2,1-3H3,(H,21,22)(H2,18,19,20);1H. The number of nitrogens with zero attached hydrogens (tertiary/aromatic N) is 1. The van der Waals surface area contributed by atoms with Gasteiger partial charge in [0.15, 0.2) is 5.96 Å². The number of carbonyl (C=O) groups excluding carboxylic acids is 1. The minimum absolute atomic E-state index is 0.